The van der Waals surface area contributed by atoms with Gasteiger partial charge in [-0.3, -0.25) is 4.79 Å². The molecule has 0 fully saturated rings. The lowest BCUT2D eigenvalue weighted by Gasteiger charge is -2.15. The Morgan fingerprint density at radius 1 is 1.05 bits per heavy atom. The summed E-state index contributed by atoms with van der Waals surface area (Å²) in [6, 6.07) is 10.3. The quantitative estimate of drug-likeness (QED) is 0.589. The van der Waals surface area contributed by atoms with Crippen LogP contribution in [0.5, 0.6) is 0 Å². The molecule has 0 aliphatic rings. The monoisotopic (exact) mass is 314 g/mol. The average Bonchev–Trinajstić information content (AvgIpc) is 2.46. The molecular weight excluding hydrogens is 304 g/mol. The fourth-order valence-electron chi connectivity index (χ4n) is 1.64. The number of halogens is 4. The Hall–Kier alpha value is -1.82. The topological polar surface area (TPSA) is 17.1 Å². The average molecular weight is 314 g/mol. The van der Waals surface area contributed by atoms with E-state index in [2.05, 4.69) is 0 Å². The van der Waals surface area contributed by atoms with Crippen LogP contribution in [0, 0.1) is 11.6 Å². The van der Waals surface area contributed by atoms with Gasteiger partial charge < -0.3 is 0 Å². The van der Waals surface area contributed by atoms with Crippen molar-refractivity contribution in [1.82, 2.24) is 0 Å². The molecule has 0 amide bonds. The fraction of sp³-hybridized carbons (Fsp3) is 0.133. The van der Waals surface area contributed by atoms with Gasteiger partial charge in [-0.2, -0.15) is 8.78 Å². The first-order valence-corrected chi connectivity index (χ1v) is 6.94. The van der Waals surface area contributed by atoms with E-state index in [1.54, 1.807) is 30.3 Å². The van der Waals surface area contributed by atoms with E-state index in [9.17, 15) is 22.4 Å². The molecule has 2 aromatic carbocycles. The zero-order chi connectivity index (χ0) is 15.5. The summed E-state index contributed by atoms with van der Waals surface area (Å²) in [7, 11) is 0. The molecule has 0 atom stereocenters. The molecule has 2 aromatic rings. The smallest absolute Gasteiger partial charge is 0.286 e. The molecule has 1 nitrogen and oxygen atoms in total. The van der Waals surface area contributed by atoms with Crippen LogP contribution in [0.2, 0.25) is 0 Å². The Bertz CT molecular complexity index is 643. The predicted molar refractivity (Wildman–Crippen MR) is 73.4 cm³/mol. The van der Waals surface area contributed by atoms with Crippen LogP contribution in [-0.2, 0) is 5.75 Å². The van der Waals surface area contributed by atoms with Crippen molar-refractivity contribution in [2.24, 2.45) is 0 Å². The van der Waals surface area contributed by atoms with E-state index in [-0.39, 0.29) is 17.5 Å². The van der Waals surface area contributed by atoms with E-state index < -0.39 is 28.2 Å². The third kappa shape index (κ3) is 3.85. The first kappa shape index (κ1) is 15.6. The normalized spacial score (nSPS) is 11.4. The second kappa shape index (κ2) is 6.30. The Morgan fingerprint density at radius 2 is 1.71 bits per heavy atom. The van der Waals surface area contributed by atoms with Crippen LogP contribution in [-0.4, -0.2) is 11.0 Å². The molecule has 0 aliphatic carbocycles. The Labute approximate surface area is 123 Å². The van der Waals surface area contributed by atoms with Gasteiger partial charge in [-0.1, -0.05) is 42.1 Å². The van der Waals surface area contributed by atoms with Crippen molar-refractivity contribution in [2.45, 2.75) is 11.0 Å². The van der Waals surface area contributed by atoms with Gasteiger partial charge in [0.15, 0.2) is 0 Å². The van der Waals surface area contributed by atoms with Crippen LogP contribution in [0.4, 0.5) is 17.6 Å². The van der Waals surface area contributed by atoms with Gasteiger partial charge in [0.25, 0.3) is 0 Å². The van der Waals surface area contributed by atoms with Crippen molar-refractivity contribution in [1.29, 1.82) is 0 Å². The summed E-state index contributed by atoms with van der Waals surface area (Å²) in [5, 5.41) is -3.78. The van der Waals surface area contributed by atoms with E-state index in [0.717, 1.165) is 12.1 Å². The number of hydrogen-bond donors (Lipinski definition) is 0. The number of benzene rings is 2. The number of alkyl halides is 2. The standard InChI is InChI=1S/C15H10F4OS/c16-11-6-7-12(13(17)8-11)14(20)15(18,19)21-9-10-4-2-1-3-5-10/h1-8H,9H2. The van der Waals surface area contributed by atoms with Gasteiger partial charge in [0, 0.05) is 11.8 Å². The number of rotatable bonds is 5. The third-order valence-electron chi connectivity index (χ3n) is 2.70. The van der Waals surface area contributed by atoms with E-state index in [1.165, 1.54) is 0 Å². The van der Waals surface area contributed by atoms with Gasteiger partial charge >= 0.3 is 5.25 Å². The molecule has 0 N–H and O–H groups in total. The minimum Gasteiger partial charge on any atom is -0.286 e. The number of Topliss-reactive ketones (excluding diaryl/α,β-unsaturated/α-hetero) is 1. The summed E-state index contributed by atoms with van der Waals surface area (Å²) in [4.78, 5) is 11.7. The summed E-state index contributed by atoms with van der Waals surface area (Å²) in [6.45, 7) is 0. The minimum atomic E-state index is -3.78. The van der Waals surface area contributed by atoms with Crippen LogP contribution >= 0.6 is 11.8 Å². The van der Waals surface area contributed by atoms with E-state index in [0.29, 0.717) is 11.6 Å². The van der Waals surface area contributed by atoms with Crippen LogP contribution < -0.4 is 0 Å². The minimum absolute atomic E-state index is 0.0948. The number of hydrogen-bond acceptors (Lipinski definition) is 2. The van der Waals surface area contributed by atoms with Crippen molar-refractivity contribution in [3.63, 3.8) is 0 Å². The Balaban J connectivity index is 2.13. The number of ketones is 1. The van der Waals surface area contributed by atoms with Crippen molar-refractivity contribution in [3.05, 3.63) is 71.3 Å². The molecule has 0 bridgehead atoms. The summed E-state index contributed by atoms with van der Waals surface area (Å²) >= 11 is 0.104. The van der Waals surface area contributed by atoms with Crippen LogP contribution in [0.25, 0.3) is 0 Å². The maximum Gasteiger partial charge on any atom is 0.356 e. The summed E-state index contributed by atoms with van der Waals surface area (Å²) in [6.07, 6.45) is 0. The Kier molecular flexibility index (Phi) is 4.67. The number of carbonyl (C=O) groups is 1. The lowest BCUT2D eigenvalue weighted by Crippen LogP contribution is -2.26. The first-order valence-electron chi connectivity index (χ1n) is 5.96. The molecule has 0 aromatic heterocycles. The largest absolute Gasteiger partial charge is 0.356 e. The zero-order valence-corrected chi connectivity index (χ0v) is 11.5. The molecule has 0 heterocycles. The van der Waals surface area contributed by atoms with Gasteiger partial charge in [0.05, 0.1) is 5.56 Å². The van der Waals surface area contributed by atoms with Crippen LogP contribution in [0.15, 0.2) is 48.5 Å². The summed E-state index contributed by atoms with van der Waals surface area (Å²) in [5.74, 6) is -3.98. The second-order valence-corrected chi connectivity index (χ2v) is 5.33. The highest BCUT2D eigenvalue weighted by molar-refractivity contribution is 8.00. The number of carbonyl (C=O) groups excluding carboxylic acids is 1. The highest BCUT2D eigenvalue weighted by atomic mass is 32.2. The van der Waals surface area contributed by atoms with Gasteiger partial charge in [-0.15, -0.1) is 0 Å². The van der Waals surface area contributed by atoms with Crippen LogP contribution in [0.1, 0.15) is 15.9 Å². The molecule has 110 valence electrons. The molecule has 2 rings (SSSR count). The first-order chi connectivity index (χ1) is 9.90. The van der Waals surface area contributed by atoms with Gasteiger partial charge in [-0.05, 0) is 17.7 Å². The molecule has 0 radical (unpaired) electrons. The second-order valence-electron chi connectivity index (χ2n) is 4.24. The molecule has 6 heteroatoms. The molecular formula is C15H10F4OS. The van der Waals surface area contributed by atoms with E-state index >= 15 is 0 Å². The van der Waals surface area contributed by atoms with Crippen molar-refractivity contribution < 1.29 is 22.4 Å². The fourth-order valence-corrected chi connectivity index (χ4v) is 2.43. The van der Waals surface area contributed by atoms with E-state index in [1.807, 2.05) is 0 Å². The summed E-state index contributed by atoms with van der Waals surface area (Å²) in [5.41, 5.74) is -0.198. The third-order valence-corrected chi connectivity index (χ3v) is 3.73. The van der Waals surface area contributed by atoms with Gasteiger partial charge in [0.1, 0.15) is 11.6 Å². The molecule has 21 heavy (non-hydrogen) atoms. The predicted octanol–water partition coefficient (Wildman–Crippen LogP) is 4.67. The molecule has 0 saturated heterocycles. The van der Waals surface area contributed by atoms with E-state index in [4.69, 9.17) is 0 Å². The number of thioether (sulfide) groups is 1. The van der Waals surface area contributed by atoms with Gasteiger partial charge in [0.2, 0.25) is 5.78 Å². The molecule has 0 unspecified atom stereocenters. The lowest BCUT2D eigenvalue weighted by atomic mass is 10.1. The lowest BCUT2D eigenvalue weighted by molar-refractivity contribution is 0.0561. The van der Waals surface area contributed by atoms with Crippen LogP contribution in [0.3, 0.4) is 0 Å². The maximum atomic E-state index is 13.8. The highest BCUT2D eigenvalue weighted by Crippen LogP contribution is 2.35. The zero-order valence-electron chi connectivity index (χ0n) is 10.7. The van der Waals surface area contributed by atoms with Crippen molar-refractivity contribution in [2.75, 3.05) is 0 Å². The summed E-state index contributed by atoms with van der Waals surface area (Å²) < 4.78 is 53.8. The van der Waals surface area contributed by atoms with Crippen molar-refractivity contribution in [3.8, 4) is 0 Å². The van der Waals surface area contributed by atoms with Gasteiger partial charge in [-0.25, -0.2) is 8.78 Å². The van der Waals surface area contributed by atoms with Crippen molar-refractivity contribution >= 4 is 17.5 Å². The molecule has 0 spiro atoms. The highest BCUT2D eigenvalue weighted by Gasteiger charge is 2.41. The Morgan fingerprint density at radius 3 is 2.33 bits per heavy atom. The molecule has 0 aliphatic heterocycles. The SMILES string of the molecule is O=C(c1ccc(F)cc1F)C(F)(F)SCc1ccccc1. The molecule has 0 saturated carbocycles. The maximum absolute atomic E-state index is 13.8.